The largest absolute Gasteiger partial charge is 0.391 e. The second kappa shape index (κ2) is 5.14. The van der Waals surface area contributed by atoms with E-state index in [2.05, 4.69) is 4.98 Å². The number of carbonyl (C=O) groups is 2. The van der Waals surface area contributed by atoms with E-state index in [1.165, 1.54) is 11.1 Å². The van der Waals surface area contributed by atoms with Crippen LogP contribution in [0.15, 0.2) is 36.5 Å². The molecule has 1 aromatic carbocycles. The highest BCUT2D eigenvalue weighted by molar-refractivity contribution is 5.99. The molecule has 0 saturated carbocycles. The SMILES string of the molecule is NC(=O)[C@@H]1C[C@@H](O)CN1C(=O)c1cnc2ccccc2c1. The normalized spacial score (nSPS) is 21.7. The summed E-state index contributed by atoms with van der Waals surface area (Å²) in [7, 11) is 0. The van der Waals surface area contributed by atoms with Crippen molar-refractivity contribution < 1.29 is 14.7 Å². The fraction of sp³-hybridized carbons (Fsp3) is 0.267. The van der Waals surface area contributed by atoms with Gasteiger partial charge in [0.1, 0.15) is 6.04 Å². The zero-order chi connectivity index (χ0) is 15.0. The Bertz CT molecular complexity index is 716. The van der Waals surface area contributed by atoms with Crippen molar-refractivity contribution in [3.05, 3.63) is 42.1 Å². The molecule has 0 radical (unpaired) electrons. The molecule has 2 aromatic rings. The van der Waals surface area contributed by atoms with Crippen molar-refractivity contribution >= 4 is 22.7 Å². The van der Waals surface area contributed by atoms with Crippen molar-refractivity contribution in [1.82, 2.24) is 9.88 Å². The number of aromatic nitrogens is 1. The number of pyridine rings is 1. The van der Waals surface area contributed by atoms with Crippen molar-refractivity contribution in [2.45, 2.75) is 18.6 Å². The lowest BCUT2D eigenvalue weighted by molar-refractivity contribution is -0.121. The quantitative estimate of drug-likeness (QED) is 0.829. The van der Waals surface area contributed by atoms with Gasteiger partial charge >= 0.3 is 0 Å². The maximum atomic E-state index is 12.5. The first-order chi connectivity index (χ1) is 10.1. The third-order valence-electron chi connectivity index (χ3n) is 3.71. The van der Waals surface area contributed by atoms with Crippen molar-refractivity contribution in [3.8, 4) is 0 Å². The van der Waals surface area contributed by atoms with Crippen LogP contribution in [0.2, 0.25) is 0 Å². The second-order valence-corrected chi connectivity index (χ2v) is 5.18. The highest BCUT2D eigenvalue weighted by atomic mass is 16.3. The molecule has 6 heteroatoms. The molecule has 0 aliphatic carbocycles. The molecule has 2 heterocycles. The molecule has 6 nitrogen and oxygen atoms in total. The molecule has 1 aliphatic rings. The number of likely N-dealkylation sites (tertiary alicyclic amines) is 1. The van der Waals surface area contributed by atoms with Crippen LogP contribution >= 0.6 is 0 Å². The van der Waals surface area contributed by atoms with Crippen LogP contribution < -0.4 is 5.73 Å². The predicted octanol–water partition coefficient (Wildman–Crippen LogP) is 0.296. The molecule has 1 saturated heterocycles. The first-order valence-corrected chi connectivity index (χ1v) is 6.69. The summed E-state index contributed by atoms with van der Waals surface area (Å²) in [6.07, 6.45) is 0.940. The summed E-state index contributed by atoms with van der Waals surface area (Å²) in [6, 6.07) is 8.42. The minimum atomic E-state index is -0.765. The number of carbonyl (C=O) groups excluding carboxylic acids is 2. The summed E-state index contributed by atoms with van der Waals surface area (Å²) in [6.45, 7) is 0.110. The van der Waals surface area contributed by atoms with Crippen molar-refractivity contribution in [2.75, 3.05) is 6.54 Å². The number of fused-ring (bicyclic) bond motifs is 1. The number of hydrogen-bond acceptors (Lipinski definition) is 4. The van der Waals surface area contributed by atoms with Gasteiger partial charge in [-0.2, -0.15) is 0 Å². The fourth-order valence-electron chi connectivity index (χ4n) is 2.66. The Balaban J connectivity index is 1.94. The van der Waals surface area contributed by atoms with Gasteiger partial charge in [-0.1, -0.05) is 18.2 Å². The van der Waals surface area contributed by atoms with Crippen LogP contribution in [-0.4, -0.2) is 45.5 Å². The zero-order valence-corrected chi connectivity index (χ0v) is 11.3. The highest BCUT2D eigenvalue weighted by Crippen LogP contribution is 2.21. The fourth-order valence-corrected chi connectivity index (χ4v) is 2.66. The number of nitrogens with two attached hydrogens (primary N) is 1. The zero-order valence-electron chi connectivity index (χ0n) is 11.3. The smallest absolute Gasteiger partial charge is 0.256 e. The lowest BCUT2D eigenvalue weighted by Gasteiger charge is -2.21. The van der Waals surface area contributed by atoms with Gasteiger partial charge in [-0.15, -0.1) is 0 Å². The third-order valence-corrected chi connectivity index (χ3v) is 3.71. The lowest BCUT2D eigenvalue weighted by Crippen LogP contribution is -2.43. The van der Waals surface area contributed by atoms with Gasteiger partial charge in [-0.05, 0) is 12.1 Å². The molecule has 0 bridgehead atoms. The number of rotatable bonds is 2. The topological polar surface area (TPSA) is 96.5 Å². The van der Waals surface area contributed by atoms with Gasteiger partial charge in [0, 0.05) is 24.5 Å². The van der Waals surface area contributed by atoms with E-state index in [-0.39, 0.29) is 18.9 Å². The number of amides is 2. The summed E-state index contributed by atoms with van der Waals surface area (Å²) < 4.78 is 0. The maximum absolute atomic E-state index is 12.5. The van der Waals surface area contributed by atoms with E-state index >= 15 is 0 Å². The van der Waals surface area contributed by atoms with Gasteiger partial charge in [0.2, 0.25) is 5.91 Å². The Hall–Kier alpha value is -2.47. The molecule has 108 valence electrons. The summed E-state index contributed by atoms with van der Waals surface area (Å²) >= 11 is 0. The molecular weight excluding hydrogens is 270 g/mol. The second-order valence-electron chi connectivity index (χ2n) is 5.18. The van der Waals surface area contributed by atoms with Crippen LogP contribution in [0.5, 0.6) is 0 Å². The minimum absolute atomic E-state index is 0.110. The number of aliphatic hydroxyl groups excluding tert-OH is 1. The standard InChI is InChI=1S/C15H15N3O3/c16-14(20)13-6-11(19)8-18(13)15(21)10-5-9-3-1-2-4-12(9)17-7-10/h1-5,7,11,13,19H,6,8H2,(H2,16,20)/t11-,13+/m1/s1. The monoisotopic (exact) mass is 285 g/mol. The van der Waals surface area contributed by atoms with E-state index in [0.717, 1.165) is 10.9 Å². The Morgan fingerprint density at radius 1 is 1.33 bits per heavy atom. The van der Waals surface area contributed by atoms with E-state index in [0.29, 0.717) is 5.56 Å². The van der Waals surface area contributed by atoms with Crippen molar-refractivity contribution in [1.29, 1.82) is 0 Å². The molecule has 1 fully saturated rings. The molecule has 3 rings (SSSR count). The molecule has 3 N–H and O–H groups in total. The molecule has 0 unspecified atom stereocenters. The number of primary amides is 1. The Morgan fingerprint density at radius 2 is 2.10 bits per heavy atom. The minimum Gasteiger partial charge on any atom is -0.391 e. The van der Waals surface area contributed by atoms with Crippen LogP contribution in [-0.2, 0) is 4.79 Å². The average Bonchev–Trinajstić information content (AvgIpc) is 2.88. The van der Waals surface area contributed by atoms with Gasteiger partial charge < -0.3 is 15.7 Å². The van der Waals surface area contributed by atoms with Crippen LogP contribution in [0.3, 0.4) is 0 Å². The number of benzene rings is 1. The first kappa shape index (κ1) is 13.5. The van der Waals surface area contributed by atoms with Gasteiger partial charge in [0.15, 0.2) is 0 Å². The summed E-state index contributed by atoms with van der Waals surface area (Å²) in [5.41, 5.74) is 6.47. The van der Waals surface area contributed by atoms with Crippen LogP contribution in [0.4, 0.5) is 0 Å². The van der Waals surface area contributed by atoms with Crippen LogP contribution in [0, 0.1) is 0 Å². The predicted molar refractivity (Wildman–Crippen MR) is 76.4 cm³/mol. The molecule has 1 aromatic heterocycles. The van der Waals surface area contributed by atoms with E-state index < -0.39 is 18.1 Å². The average molecular weight is 285 g/mol. The Labute approximate surface area is 121 Å². The van der Waals surface area contributed by atoms with E-state index in [1.54, 1.807) is 6.07 Å². The van der Waals surface area contributed by atoms with Crippen molar-refractivity contribution in [3.63, 3.8) is 0 Å². The highest BCUT2D eigenvalue weighted by Gasteiger charge is 2.38. The van der Waals surface area contributed by atoms with Gasteiger partial charge in [-0.3, -0.25) is 14.6 Å². The van der Waals surface area contributed by atoms with Crippen LogP contribution in [0.25, 0.3) is 10.9 Å². The first-order valence-electron chi connectivity index (χ1n) is 6.69. The third kappa shape index (κ3) is 2.45. The van der Waals surface area contributed by atoms with E-state index in [9.17, 15) is 14.7 Å². The number of aliphatic hydroxyl groups is 1. The van der Waals surface area contributed by atoms with Gasteiger partial charge in [0.05, 0.1) is 17.2 Å². The summed E-state index contributed by atoms with van der Waals surface area (Å²) in [5, 5.41) is 10.5. The molecule has 0 spiro atoms. The molecule has 21 heavy (non-hydrogen) atoms. The van der Waals surface area contributed by atoms with Gasteiger partial charge in [0.25, 0.3) is 5.91 Å². The van der Waals surface area contributed by atoms with E-state index in [4.69, 9.17) is 5.73 Å². The van der Waals surface area contributed by atoms with Crippen molar-refractivity contribution in [2.24, 2.45) is 5.73 Å². The lowest BCUT2D eigenvalue weighted by atomic mass is 10.1. The molecule has 2 atom stereocenters. The molecular formula is C15H15N3O3. The number of β-amino-alcohol motifs (C(OH)–C–C–N with tert-alkyl or cyclic N) is 1. The number of para-hydroxylation sites is 1. The maximum Gasteiger partial charge on any atom is 0.256 e. The molecule has 2 amide bonds. The Morgan fingerprint density at radius 3 is 2.86 bits per heavy atom. The van der Waals surface area contributed by atoms with Gasteiger partial charge in [-0.25, -0.2) is 0 Å². The van der Waals surface area contributed by atoms with E-state index in [1.807, 2.05) is 24.3 Å². The number of hydrogen-bond donors (Lipinski definition) is 2. The molecule has 1 aliphatic heterocycles. The Kier molecular flexibility index (Phi) is 3.31. The summed E-state index contributed by atoms with van der Waals surface area (Å²) in [4.78, 5) is 29.5. The summed E-state index contributed by atoms with van der Waals surface area (Å²) in [5.74, 6) is -0.942. The van der Waals surface area contributed by atoms with Crippen LogP contribution in [0.1, 0.15) is 16.8 Å². The number of nitrogens with zero attached hydrogens (tertiary/aromatic N) is 2.